The second-order valence-electron chi connectivity index (χ2n) is 5.28. The maximum atomic E-state index is 12.3. The highest BCUT2D eigenvalue weighted by atomic mass is 16.5. The predicted molar refractivity (Wildman–Crippen MR) is 74.3 cm³/mol. The van der Waals surface area contributed by atoms with Crippen molar-refractivity contribution < 1.29 is 14.6 Å². The van der Waals surface area contributed by atoms with Crippen molar-refractivity contribution in [3.63, 3.8) is 0 Å². The molecular formula is C13H23N5O3. The lowest BCUT2D eigenvalue weighted by molar-refractivity contribution is -0.139. The molecule has 0 bridgehead atoms. The number of aliphatic hydroxyl groups excluding tert-OH is 1. The molecule has 2 heterocycles. The Morgan fingerprint density at radius 3 is 2.95 bits per heavy atom. The van der Waals surface area contributed by atoms with Crippen LogP contribution in [0.2, 0.25) is 0 Å². The van der Waals surface area contributed by atoms with E-state index < -0.39 is 0 Å². The minimum atomic E-state index is -0.186. The van der Waals surface area contributed by atoms with Gasteiger partial charge in [0.15, 0.2) is 5.82 Å². The molecule has 1 amide bonds. The molecule has 8 nitrogen and oxygen atoms in total. The van der Waals surface area contributed by atoms with Crippen LogP contribution < -0.4 is 0 Å². The van der Waals surface area contributed by atoms with Crippen LogP contribution >= 0.6 is 0 Å². The summed E-state index contributed by atoms with van der Waals surface area (Å²) in [4.78, 5) is 13.9. The van der Waals surface area contributed by atoms with E-state index in [-0.39, 0.29) is 31.2 Å². The molecule has 2 rings (SSSR count). The van der Waals surface area contributed by atoms with Gasteiger partial charge >= 0.3 is 0 Å². The molecule has 21 heavy (non-hydrogen) atoms. The maximum Gasteiger partial charge on any atom is 0.249 e. The van der Waals surface area contributed by atoms with Crippen molar-refractivity contribution in [3.05, 3.63) is 5.82 Å². The SMILES string of the molecule is CCCCn1nnnc1[C@H]1CC[C@@H](CO)N1C(=O)COC. The average Bonchev–Trinajstić information content (AvgIpc) is 3.10. The first-order valence-corrected chi connectivity index (χ1v) is 7.39. The molecule has 1 saturated heterocycles. The molecular weight excluding hydrogens is 274 g/mol. The average molecular weight is 297 g/mol. The third-order valence-corrected chi connectivity index (χ3v) is 3.85. The molecule has 1 N–H and O–H groups in total. The smallest absolute Gasteiger partial charge is 0.249 e. The third kappa shape index (κ3) is 3.38. The molecule has 1 aromatic heterocycles. The fourth-order valence-electron chi connectivity index (χ4n) is 2.81. The molecule has 118 valence electrons. The van der Waals surface area contributed by atoms with Gasteiger partial charge in [0.1, 0.15) is 6.61 Å². The zero-order valence-corrected chi connectivity index (χ0v) is 12.6. The number of tetrazole rings is 1. The summed E-state index contributed by atoms with van der Waals surface area (Å²) >= 11 is 0. The van der Waals surface area contributed by atoms with Crippen LogP contribution in [0.1, 0.15) is 44.5 Å². The highest BCUT2D eigenvalue weighted by Gasteiger charge is 2.39. The minimum Gasteiger partial charge on any atom is -0.394 e. The van der Waals surface area contributed by atoms with Gasteiger partial charge in [-0.1, -0.05) is 13.3 Å². The molecule has 1 aromatic rings. The van der Waals surface area contributed by atoms with Gasteiger partial charge in [0.05, 0.1) is 18.7 Å². The van der Waals surface area contributed by atoms with Crippen molar-refractivity contribution in [1.82, 2.24) is 25.1 Å². The van der Waals surface area contributed by atoms with Crippen LogP contribution in [0, 0.1) is 0 Å². The number of hydrogen-bond acceptors (Lipinski definition) is 6. The van der Waals surface area contributed by atoms with Gasteiger partial charge in [0.25, 0.3) is 0 Å². The number of likely N-dealkylation sites (tertiary alicyclic amines) is 1. The molecule has 0 radical (unpaired) electrons. The highest BCUT2D eigenvalue weighted by Crippen LogP contribution is 2.34. The van der Waals surface area contributed by atoms with Gasteiger partial charge < -0.3 is 14.7 Å². The van der Waals surface area contributed by atoms with Crippen LogP contribution in [-0.4, -0.2) is 62.5 Å². The number of aryl methyl sites for hydroxylation is 1. The van der Waals surface area contributed by atoms with Crippen LogP contribution in [0.25, 0.3) is 0 Å². The molecule has 8 heteroatoms. The van der Waals surface area contributed by atoms with Gasteiger partial charge in [-0.05, 0) is 29.7 Å². The van der Waals surface area contributed by atoms with E-state index in [0.717, 1.165) is 32.2 Å². The van der Waals surface area contributed by atoms with E-state index in [0.29, 0.717) is 5.82 Å². The van der Waals surface area contributed by atoms with Crippen molar-refractivity contribution in [3.8, 4) is 0 Å². The number of methoxy groups -OCH3 is 1. The van der Waals surface area contributed by atoms with E-state index in [1.807, 2.05) is 0 Å². The number of carbonyl (C=O) groups excluding carboxylic acids is 1. The zero-order chi connectivity index (χ0) is 15.2. The fourth-order valence-corrected chi connectivity index (χ4v) is 2.81. The molecule has 1 aliphatic rings. The van der Waals surface area contributed by atoms with E-state index in [2.05, 4.69) is 22.4 Å². The number of rotatable bonds is 7. The van der Waals surface area contributed by atoms with Gasteiger partial charge in [-0.3, -0.25) is 4.79 Å². The lowest BCUT2D eigenvalue weighted by atomic mass is 10.2. The number of unbranched alkanes of at least 4 members (excludes halogenated alkanes) is 1. The summed E-state index contributed by atoms with van der Waals surface area (Å²) in [6.07, 6.45) is 3.54. The van der Waals surface area contributed by atoms with Crippen LogP contribution in [0.5, 0.6) is 0 Å². The van der Waals surface area contributed by atoms with Crippen LogP contribution in [0.4, 0.5) is 0 Å². The Morgan fingerprint density at radius 2 is 2.29 bits per heavy atom. The topological polar surface area (TPSA) is 93.4 Å². The summed E-state index contributed by atoms with van der Waals surface area (Å²) in [5, 5.41) is 21.3. The number of aromatic nitrogens is 4. The number of aliphatic hydroxyl groups is 1. The summed E-state index contributed by atoms with van der Waals surface area (Å²) in [7, 11) is 1.49. The lowest BCUT2D eigenvalue weighted by Gasteiger charge is -2.28. The van der Waals surface area contributed by atoms with Gasteiger partial charge in [0, 0.05) is 13.7 Å². The quantitative estimate of drug-likeness (QED) is 0.769. The molecule has 0 aromatic carbocycles. The molecule has 0 unspecified atom stereocenters. The number of ether oxygens (including phenoxy) is 1. The summed E-state index contributed by atoms with van der Waals surface area (Å²) in [5.41, 5.74) is 0. The Morgan fingerprint density at radius 1 is 1.48 bits per heavy atom. The van der Waals surface area contributed by atoms with E-state index in [1.54, 1.807) is 9.58 Å². The molecule has 1 aliphatic heterocycles. The van der Waals surface area contributed by atoms with E-state index in [1.165, 1.54) is 7.11 Å². The van der Waals surface area contributed by atoms with Crippen molar-refractivity contribution in [1.29, 1.82) is 0 Å². The van der Waals surface area contributed by atoms with Crippen molar-refractivity contribution in [2.24, 2.45) is 0 Å². The van der Waals surface area contributed by atoms with Crippen LogP contribution in [0.3, 0.4) is 0 Å². The summed E-state index contributed by atoms with van der Waals surface area (Å²) in [5.74, 6) is 0.563. The number of carbonyl (C=O) groups is 1. The van der Waals surface area contributed by atoms with Gasteiger partial charge in [-0.25, -0.2) is 4.68 Å². The molecule has 2 atom stereocenters. The Hall–Kier alpha value is -1.54. The van der Waals surface area contributed by atoms with Crippen molar-refractivity contribution >= 4 is 5.91 Å². The first-order chi connectivity index (χ1) is 10.2. The number of nitrogens with zero attached hydrogens (tertiary/aromatic N) is 5. The highest BCUT2D eigenvalue weighted by molar-refractivity contribution is 5.78. The first-order valence-electron chi connectivity index (χ1n) is 7.39. The van der Waals surface area contributed by atoms with Crippen molar-refractivity contribution in [2.75, 3.05) is 20.3 Å². The van der Waals surface area contributed by atoms with Crippen molar-refractivity contribution in [2.45, 2.75) is 51.2 Å². The fraction of sp³-hybridized carbons (Fsp3) is 0.846. The standard InChI is InChI=1S/C13H23N5O3/c1-3-4-7-17-13(14-15-16-17)11-6-5-10(8-19)18(11)12(20)9-21-2/h10-11,19H,3-9H2,1-2H3/t10-,11+/m0/s1. The Bertz CT molecular complexity index is 464. The molecule has 1 fully saturated rings. The summed E-state index contributed by atoms with van der Waals surface area (Å²) in [6, 6.07) is -0.370. The number of hydrogen-bond donors (Lipinski definition) is 1. The molecule has 0 aliphatic carbocycles. The number of amides is 1. The molecule has 0 saturated carbocycles. The maximum absolute atomic E-state index is 12.3. The normalized spacial score (nSPS) is 22.0. The van der Waals surface area contributed by atoms with Gasteiger partial charge in [-0.2, -0.15) is 0 Å². The van der Waals surface area contributed by atoms with Crippen LogP contribution in [-0.2, 0) is 16.1 Å². The Labute approximate surface area is 124 Å². The Balaban J connectivity index is 2.20. The lowest BCUT2D eigenvalue weighted by Crippen LogP contribution is -2.42. The summed E-state index contributed by atoms with van der Waals surface area (Å²) in [6.45, 7) is 2.80. The first kappa shape index (κ1) is 15.8. The second-order valence-corrected chi connectivity index (χ2v) is 5.28. The van der Waals surface area contributed by atoms with Gasteiger partial charge in [0.2, 0.25) is 5.91 Å². The van der Waals surface area contributed by atoms with E-state index in [4.69, 9.17) is 4.74 Å². The largest absolute Gasteiger partial charge is 0.394 e. The predicted octanol–water partition coefficient (Wildman–Crippen LogP) is 0.144. The summed E-state index contributed by atoms with van der Waals surface area (Å²) < 4.78 is 6.70. The molecule has 0 spiro atoms. The monoisotopic (exact) mass is 297 g/mol. The van der Waals surface area contributed by atoms with E-state index >= 15 is 0 Å². The second kappa shape index (κ2) is 7.46. The third-order valence-electron chi connectivity index (χ3n) is 3.85. The van der Waals surface area contributed by atoms with E-state index in [9.17, 15) is 9.90 Å². The zero-order valence-electron chi connectivity index (χ0n) is 12.6. The van der Waals surface area contributed by atoms with Crippen LogP contribution in [0.15, 0.2) is 0 Å². The Kier molecular flexibility index (Phi) is 5.63. The van der Waals surface area contributed by atoms with Gasteiger partial charge in [-0.15, -0.1) is 5.10 Å². The minimum absolute atomic E-state index is 0.00350.